The van der Waals surface area contributed by atoms with Crippen molar-refractivity contribution < 1.29 is 18.8 Å². The molecular weight excluding hydrogens is 426 g/mol. The van der Waals surface area contributed by atoms with Crippen molar-refractivity contribution in [3.05, 3.63) is 35.7 Å². The molecule has 0 aliphatic carbocycles. The molecule has 0 spiro atoms. The maximum atomic E-state index is 12.8. The molecule has 1 aromatic carbocycles. The minimum Gasteiger partial charge on any atom is -0.465 e. The summed E-state index contributed by atoms with van der Waals surface area (Å²) in [6, 6.07) is 6.96. The first-order chi connectivity index (χ1) is 14.3. The van der Waals surface area contributed by atoms with E-state index in [0.29, 0.717) is 33.0 Å². The molecule has 0 aliphatic heterocycles. The van der Waals surface area contributed by atoms with E-state index in [2.05, 4.69) is 25.7 Å². The Morgan fingerprint density at radius 1 is 1.23 bits per heavy atom. The van der Waals surface area contributed by atoms with Crippen LogP contribution >= 0.6 is 23.1 Å². The summed E-state index contributed by atoms with van der Waals surface area (Å²) in [7, 11) is 0. The van der Waals surface area contributed by atoms with Gasteiger partial charge in [0.2, 0.25) is 5.13 Å². The van der Waals surface area contributed by atoms with Crippen LogP contribution in [-0.2, 0) is 14.9 Å². The third-order valence-electron chi connectivity index (χ3n) is 3.74. The highest BCUT2D eigenvalue weighted by Crippen LogP contribution is 2.28. The molecule has 0 unspecified atom stereocenters. The van der Waals surface area contributed by atoms with Crippen molar-refractivity contribution in [3.8, 4) is 11.5 Å². The van der Waals surface area contributed by atoms with Crippen LogP contribution in [-0.4, -0.2) is 44.6 Å². The highest BCUT2D eigenvalue weighted by molar-refractivity contribution is 8.01. The fraction of sp³-hybridized carbons (Fsp3) is 0.368. The number of rotatable bonds is 7. The van der Waals surface area contributed by atoms with Crippen LogP contribution in [0.1, 0.15) is 43.9 Å². The van der Waals surface area contributed by atoms with Crippen molar-refractivity contribution in [2.45, 2.75) is 37.4 Å². The van der Waals surface area contributed by atoms with E-state index in [0.717, 1.165) is 0 Å². The highest BCUT2D eigenvalue weighted by Gasteiger charge is 2.24. The summed E-state index contributed by atoms with van der Waals surface area (Å²) in [5.74, 6) is 0.256. The summed E-state index contributed by atoms with van der Waals surface area (Å²) in [4.78, 5) is 28.7. The summed E-state index contributed by atoms with van der Waals surface area (Å²) >= 11 is 2.38. The Hall–Kier alpha value is -2.79. The van der Waals surface area contributed by atoms with Crippen molar-refractivity contribution in [2.75, 3.05) is 17.7 Å². The van der Waals surface area contributed by atoms with Crippen LogP contribution in [0.3, 0.4) is 0 Å². The average molecular weight is 448 g/mol. The van der Waals surface area contributed by atoms with E-state index >= 15 is 0 Å². The molecule has 0 atom stereocenters. The summed E-state index contributed by atoms with van der Waals surface area (Å²) in [6.07, 6.45) is 0. The molecule has 11 heteroatoms. The number of benzene rings is 1. The summed E-state index contributed by atoms with van der Waals surface area (Å²) in [5.41, 5.74) is 0.625. The van der Waals surface area contributed by atoms with Gasteiger partial charge in [0.1, 0.15) is 0 Å². The smallest absolute Gasteiger partial charge is 0.316 e. The predicted octanol–water partition coefficient (Wildman–Crippen LogP) is 3.79. The zero-order valence-electron chi connectivity index (χ0n) is 17.0. The number of carbonyl (C=O) groups excluding carboxylic acids is 2. The Balaban J connectivity index is 1.73. The fourth-order valence-corrected chi connectivity index (χ4v) is 3.86. The molecule has 0 radical (unpaired) electrons. The minimum atomic E-state index is -0.376. The number of aromatic nitrogens is 4. The second kappa shape index (κ2) is 9.35. The molecule has 3 rings (SSSR count). The number of anilines is 1. The van der Waals surface area contributed by atoms with E-state index in [9.17, 15) is 9.59 Å². The van der Waals surface area contributed by atoms with Crippen LogP contribution in [0, 0.1) is 0 Å². The lowest BCUT2D eigenvalue weighted by molar-refractivity contribution is -0.139. The van der Waals surface area contributed by atoms with E-state index in [-0.39, 0.29) is 28.9 Å². The highest BCUT2D eigenvalue weighted by atomic mass is 32.2. The quantitative estimate of drug-likeness (QED) is 0.327. The van der Waals surface area contributed by atoms with Crippen molar-refractivity contribution in [1.29, 1.82) is 0 Å². The van der Waals surface area contributed by atoms with Crippen LogP contribution in [0.5, 0.6) is 0 Å². The molecule has 30 heavy (non-hydrogen) atoms. The van der Waals surface area contributed by atoms with Gasteiger partial charge < -0.3 is 9.26 Å². The van der Waals surface area contributed by atoms with E-state index in [4.69, 9.17) is 9.26 Å². The fourth-order valence-electron chi connectivity index (χ4n) is 2.31. The third kappa shape index (κ3) is 5.42. The molecule has 9 nitrogen and oxygen atoms in total. The Morgan fingerprint density at radius 2 is 2.00 bits per heavy atom. The standard InChI is InChI=1S/C19H21N5O4S2/c1-5-27-13(25)10-29-18-23-22-17(30-18)20-14(26)11-8-6-7-9-12(11)15-21-16(24-28-15)19(2,3)4/h6-9H,5,10H2,1-4H3,(H,20,22,26). The predicted molar refractivity (Wildman–Crippen MR) is 114 cm³/mol. The molecule has 1 amide bonds. The number of ether oxygens (including phenoxy) is 1. The molecule has 0 fully saturated rings. The van der Waals surface area contributed by atoms with Crippen molar-refractivity contribution in [3.63, 3.8) is 0 Å². The molecule has 0 saturated carbocycles. The van der Waals surface area contributed by atoms with Gasteiger partial charge in [-0.05, 0) is 19.1 Å². The van der Waals surface area contributed by atoms with E-state index in [1.54, 1.807) is 31.2 Å². The number of thioether (sulfide) groups is 1. The van der Waals surface area contributed by atoms with Gasteiger partial charge in [-0.25, -0.2) is 0 Å². The Bertz CT molecular complexity index is 1040. The van der Waals surface area contributed by atoms with Crippen molar-refractivity contribution in [1.82, 2.24) is 20.3 Å². The lowest BCUT2D eigenvalue weighted by Gasteiger charge is -2.11. The maximum Gasteiger partial charge on any atom is 0.316 e. The molecule has 2 heterocycles. The summed E-state index contributed by atoms with van der Waals surface area (Å²) in [5, 5.41) is 15.0. The van der Waals surface area contributed by atoms with Crippen LogP contribution < -0.4 is 5.32 Å². The molecule has 1 N–H and O–H groups in total. The average Bonchev–Trinajstić information content (AvgIpc) is 3.36. The Labute approximate surface area is 181 Å². The number of amides is 1. The normalized spacial score (nSPS) is 11.3. The third-order valence-corrected chi connectivity index (χ3v) is 5.69. The SMILES string of the molecule is CCOC(=O)CSc1nnc(NC(=O)c2ccccc2-c2nc(C(C)(C)C)no2)s1. The molecule has 3 aromatic rings. The molecule has 0 bridgehead atoms. The molecule has 158 valence electrons. The van der Waals surface area contributed by atoms with Gasteiger partial charge in [-0.1, -0.05) is 61.2 Å². The summed E-state index contributed by atoms with van der Waals surface area (Å²) < 4.78 is 10.8. The zero-order chi connectivity index (χ0) is 21.7. The number of nitrogens with one attached hydrogen (secondary N) is 1. The Morgan fingerprint density at radius 3 is 2.70 bits per heavy atom. The summed E-state index contributed by atoms with van der Waals surface area (Å²) in [6.45, 7) is 8.01. The largest absolute Gasteiger partial charge is 0.465 e. The van der Waals surface area contributed by atoms with Crippen LogP contribution in [0.15, 0.2) is 33.1 Å². The van der Waals surface area contributed by atoms with Gasteiger partial charge in [0.25, 0.3) is 11.8 Å². The lowest BCUT2D eigenvalue weighted by atomic mass is 9.96. The number of esters is 1. The molecule has 0 aliphatic rings. The second-order valence-corrected chi connectivity index (χ2v) is 9.34. The van der Waals surface area contributed by atoms with Gasteiger partial charge in [-0.2, -0.15) is 4.98 Å². The first kappa shape index (κ1) is 21.9. The number of hydrogen-bond donors (Lipinski definition) is 1. The Kier molecular flexibility index (Phi) is 6.83. The van der Waals surface area contributed by atoms with Gasteiger partial charge in [0.15, 0.2) is 10.2 Å². The zero-order valence-corrected chi connectivity index (χ0v) is 18.6. The van der Waals surface area contributed by atoms with E-state index in [1.165, 1.54) is 23.1 Å². The van der Waals surface area contributed by atoms with Crippen LogP contribution in [0.2, 0.25) is 0 Å². The van der Waals surface area contributed by atoms with Crippen LogP contribution in [0.25, 0.3) is 11.5 Å². The van der Waals surface area contributed by atoms with Crippen LogP contribution in [0.4, 0.5) is 5.13 Å². The van der Waals surface area contributed by atoms with Gasteiger partial charge in [0.05, 0.1) is 23.5 Å². The molecule has 0 saturated heterocycles. The topological polar surface area (TPSA) is 120 Å². The number of hydrogen-bond acceptors (Lipinski definition) is 10. The number of carbonyl (C=O) groups is 2. The van der Waals surface area contributed by atoms with Gasteiger partial charge in [-0.15, -0.1) is 10.2 Å². The van der Waals surface area contributed by atoms with Crippen molar-refractivity contribution >= 4 is 40.1 Å². The van der Waals surface area contributed by atoms with Gasteiger partial charge in [-0.3, -0.25) is 14.9 Å². The second-order valence-electron chi connectivity index (χ2n) is 7.14. The molecule has 2 aromatic heterocycles. The minimum absolute atomic E-state index is 0.131. The maximum absolute atomic E-state index is 12.8. The number of nitrogens with zero attached hydrogens (tertiary/aromatic N) is 4. The lowest BCUT2D eigenvalue weighted by Crippen LogP contribution is -2.14. The van der Waals surface area contributed by atoms with Gasteiger partial charge >= 0.3 is 5.97 Å². The van der Waals surface area contributed by atoms with E-state index < -0.39 is 0 Å². The first-order valence-corrected chi connectivity index (χ1v) is 10.9. The monoisotopic (exact) mass is 447 g/mol. The van der Waals surface area contributed by atoms with Gasteiger partial charge in [0, 0.05) is 5.41 Å². The van der Waals surface area contributed by atoms with E-state index in [1.807, 2.05) is 20.8 Å². The first-order valence-electron chi connectivity index (χ1n) is 9.14. The molecular formula is C19H21N5O4S2. The van der Waals surface area contributed by atoms with Crippen molar-refractivity contribution in [2.24, 2.45) is 0 Å².